The lowest BCUT2D eigenvalue weighted by Crippen LogP contribution is -2.36. The van der Waals surface area contributed by atoms with E-state index in [1.54, 1.807) is 0 Å². The van der Waals surface area contributed by atoms with Crippen molar-refractivity contribution < 1.29 is 13.2 Å². The molecule has 2 rings (SSSR count). The molecule has 3 atom stereocenters. The van der Waals surface area contributed by atoms with Crippen LogP contribution in [0.5, 0.6) is 0 Å². The standard InChI is InChI=1S/C13H18BrNO3S/c1-3-18-8-13(15)11(12(13)19(2,16)17)9-4-6-10(14)7-5-9/h4-7,11-12H,3,8,15H2,1-2H3/t11-,12+,13+/m1/s1. The van der Waals surface area contributed by atoms with Crippen molar-refractivity contribution in [1.82, 2.24) is 0 Å². The van der Waals surface area contributed by atoms with Crippen molar-refractivity contribution in [1.29, 1.82) is 0 Å². The Hall–Kier alpha value is -0.430. The minimum atomic E-state index is -3.19. The van der Waals surface area contributed by atoms with E-state index in [0.717, 1.165) is 10.0 Å². The Morgan fingerprint density at radius 3 is 2.42 bits per heavy atom. The quantitative estimate of drug-likeness (QED) is 0.879. The van der Waals surface area contributed by atoms with E-state index in [1.807, 2.05) is 31.2 Å². The molecular formula is C13H18BrNO3S. The maximum Gasteiger partial charge on any atom is 0.152 e. The van der Waals surface area contributed by atoms with Crippen LogP contribution in [0.2, 0.25) is 0 Å². The van der Waals surface area contributed by atoms with Crippen LogP contribution in [0.15, 0.2) is 28.7 Å². The monoisotopic (exact) mass is 347 g/mol. The first-order valence-electron chi connectivity index (χ1n) is 6.11. The van der Waals surface area contributed by atoms with E-state index in [0.29, 0.717) is 6.61 Å². The summed E-state index contributed by atoms with van der Waals surface area (Å²) in [6.07, 6.45) is 1.24. The highest BCUT2D eigenvalue weighted by molar-refractivity contribution is 9.10. The van der Waals surface area contributed by atoms with Crippen molar-refractivity contribution in [2.45, 2.75) is 23.6 Å². The molecule has 4 nitrogen and oxygen atoms in total. The lowest BCUT2D eigenvalue weighted by atomic mass is 10.1. The molecule has 0 aliphatic heterocycles. The van der Waals surface area contributed by atoms with E-state index in [4.69, 9.17) is 10.5 Å². The van der Waals surface area contributed by atoms with E-state index >= 15 is 0 Å². The summed E-state index contributed by atoms with van der Waals surface area (Å²) in [7, 11) is -3.19. The molecule has 0 amide bonds. The molecule has 0 heterocycles. The lowest BCUT2D eigenvalue weighted by Gasteiger charge is -2.11. The van der Waals surface area contributed by atoms with Crippen molar-refractivity contribution in [3.05, 3.63) is 34.3 Å². The molecular weight excluding hydrogens is 330 g/mol. The number of rotatable bonds is 5. The summed E-state index contributed by atoms with van der Waals surface area (Å²) >= 11 is 3.37. The normalized spacial score (nSPS) is 30.3. The molecule has 0 unspecified atom stereocenters. The van der Waals surface area contributed by atoms with Gasteiger partial charge in [0.25, 0.3) is 0 Å². The number of ether oxygens (including phenoxy) is 1. The molecule has 1 aliphatic rings. The van der Waals surface area contributed by atoms with E-state index in [9.17, 15) is 8.42 Å². The number of benzene rings is 1. The Bertz CT molecular complexity index is 558. The van der Waals surface area contributed by atoms with Gasteiger partial charge in [-0.1, -0.05) is 28.1 Å². The van der Waals surface area contributed by atoms with Crippen molar-refractivity contribution in [2.24, 2.45) is 5.73 Å². The van der Waals surface area contributed by atoms with E-state index < -0.39 is 20.6 Å². The van der Waals surface area contributed by atoms with Crippen LogP contribution in [-0.4, -0.2) is 38.7 Å². The van der Waals surface area contributed by atoms with Crippen molar-refractivity contribution >= 4 is 25.8 Å². The zero-order valence-corrected chi connectivity index (χ0v) is 13.4. The second kappa shape index (κ2) is 5.16. The van der Waals surface area contributed by atoms with Gasteiger partial charge in [0.1, 0.15) is 0 Å². The first kappa shape index (κ1) is 15.0. The van der Waals surface area contributed by atoms with E-state index in [-0.39, 0.29) is 12.5 Å². The molecule has 19 heavy (non-hydrogen) atoms. The molecule has 2 N–H and O–H groups in total. The molecule has 1 aromatic carbocycles. The van der Waals surface area contributed by atoms with Gasteiger partial charge in [-0.05, 0) is 24.6 Å². The average molecular weight is 348 g/mol. The van der Waals surface area contributed by atoms with Gasteiger partial charge >= 0.3 is 0 Å². The SMILES string of the molecule is CCOC[C@]1(N)[C@H](c2ccc(Br)cc2)[C@@H]1S(C)(=O)=O. The third-order valence-electron chi connectivity index (χ3n) is 3.55. The van der Waals surface area contributed by atoms with Crippen LogP contribution in [0, 0.1) is 0 Å². The third-order valence-corrected chi connectivity index (χ3v) is 5.71. The molecule has 1 fully saturated rings. The Kier molecular flexibility index (Phi) is 4.07. The highest BCUT2D eigenvalue weighted by Gasteiger charge is 2.67. The minimum Gasteiger partial charge on any atom is -0.380 e. The van der Waals surface area contributed by atoms with Crippen LogP contribution in [0.3, 0.4) is 0 Å². The van der Waals surface area contributed by atoms with Gasteiger partial charge in [0.2, 0.25) is 0 Å². The summed E-state index contributed by atoms with van der Waals surface area (Å²) in [5, 5.41) is -0.562. The molecule has 0 saturated heterocycles. The molecule has 0 bridgehead atoms. The summed E-state index contributed by atoms with van der Waals surface area (Å²) in [5.41, 5.74) is 6.40. The summed E-state index contributed by atoms with van der Waals surface area (Å²) in [4.78, 5) is 0. The van der Waals surface area contributed by atoms with Gasteiger partial charge in [0.15, 0.2) is 9.84 Å². The summed E-state index contributed by atoms with van der Waals surface area (Å²) in [6.45, 7) is 2.67. The molecule has 106 valence electrons. The Balaban J connectivity index is 2.30. The van der Waals surface area contributed by atoms with Gasteiger partial charge in [-0.25, -0.2) is 8.42 Å². The fourth-order valence-corrected chi connectivity index (χ4v) is 4.78. The van der Waals surface area contributed by atoms with Gasteiger partial charge in [-0.15, -0.1) is 0 Å². The molecule has 1 aliphatic carbocycles. The predicted octanol–water partition coefficient (Wildman–Crippen LogP) is 1.69. The number of hydrogen-bond donors (Lipinski definition) is 1. The second-order valence-corrected chi connectivity index (χ2v) is 8.11. The first-order valence-corrected chi connectivity index (χ1v) is 8.86. The third kappa shape index (κ3) is 2.86. The number of sulfone groups is 1. The number of hydrogen-bond acceptors (Lipinski definition) is 4. The zero-order chi connectivity index (χ0) is 14.3. The number of halogens is 1. The van der Waals surface area contributed by atoms with E-state index in [1.165, 1.54) is 6.26 Å². The van der Waals surface area contributed by atoms with Crippen molar-refractivity contribution in [3.63, 3.8) is 0 Å². The fourth-order valence-electron chi connectivity index (χ4n) is 2.67. The predicted molar refractivity (Wildman–Crippen MR) is 78.9 cm³/mol. The lowest BCUT2D eigenvalue weighted by molar-refractivity contribution is 0.125. The molecule has 0 radical (unpaired) electrons. The van der Waals surface area contributed by atoms with Gasteiger partial charge in [0.05, 0.1) is 17.4 Å². The van der Waals surface area contributed by atoms with Crippen LogP contribution in [0.25, 0.3) is 0 Å². The maximum atomic E-state index is 11.9. The highest BCUT2D eigenvalue weighted by Crippen LogP contribution is 2.54. The zero-order valence-electron chi connectivity index (χ0n) is 11.0. The first-order chi connectivity index (χ1) is 8.80. The molecule has 1 saturated carbocycles. The molecule has 0 spiro atoms. The van der Waals surface area contributed by atoms with E-state index in [2.05, 4.69) is 15.9 Å². The molecule has 0 aromatic heterocycles. The Morgan fingerprint density at radius 2 is 1.95 bits per heavy atom. The summed E-state index contributed by atoms with van der Waals surface area (Å²) < 4.78 is 30.1. The molecule has 6 heteroatoms. The van der Waals surface area contributed by atoms with Crippen LogP contribution < -0.4 is 5.73 Å². The maximum absolute atomic E-state index is 11.9. The minimum absolute atomic E-state index is 0.192. The highest BCUT2D eigenvalue weighted by atomic mass is 79.9. The number of nitrogens with two attached hydrogens (primary N) is 1. The van der Waals surface area contributed by atoms with Gasteiger partial charge < -0.3 is 10.5 Å². The van der Waals surface area contributed by atoms with Crippen LogP contribution in [0.4, 0.5) is 0 Å². The van der Waals surface area contributed by atoms with Gasteiger partial charge in [-0.3, -0.25) is 0 Å². The Labute approximate surface area is 122 Å². The largest absolute Gasteiger partial charge is 0.380 e. The molecule has 1 aromatic rings. The Morgan fingerprint density at radius 1 is 1.37 bits per heavy atom. The van der Waals surface area contributed by atoms with Gasteiger partial charge in [-0.2, -0.15) is 0 Å². The topological polar surface area (TPSA) is 69.4 Å². The summed E-state index contributed by atoms with van der Waals surface area (Å²) in [5.74, 6) is -0.192. The van der Waals surface area contributed by atoms with Crippen LogP contribution in [0.1, 0.15) is 18.4 Å². The van der Waals surface area contributed by atoms with Crippen LogP contribution >= 0.6 is 15.9 Å². The fraction of sp³-hybridized carbons (Fsp3) is 0.538. The van der Waals surface area contributed by atoms with Crippen LogP contribution in [-0.2, 0) is 14.6 Å². The van der Waals surface area contributed by atoms with Gasteiger partial charge in [0, 0.05) is 23.3 Å². The second-order valence-electron chi connectivity index (χ2n) is 5.03. The average Bonchev–Trinajstić information content (AvgIpc) is 2.95. The smallest absolute Gasteiger partial charge is 0.152 e. The van der Waals surface area contributed by atoms with Crippen molar-refractivity contribution in [3.8, 4) is 0 Å². The van der Waals surface area contributed by atoms with Crippen molar-refractivity contribution in [2.75, 3.05) is 19.5 Å². The summed E-state index contributed by atoms with van der Waals surface area (Å²) in [6, 6.07) is 7.61.